The fourth-order valence-electron chi connectivity index (χ4n) is 5.09. The van der Waals surface area contributed by atoms with Crippen molar-refractivity contribution in [3.8, 4) is 0 Å². The molecular weight excluding hydrogens is 294 g/mol. The molecule has 4 aliphatic heterocycles. The molecule has 2 N–H and O–H groups in total. The van der Waals surface area contributed by atoms with Crippen molar-refractivity contribution < 1.29 is 18.9 Å². The maximum absolute atomic E-state index is 6.67. The summed E-state index contributed by atoms with van der Waals surface area (Å²) in [7, 11) is 0. The van der Waals surface area contributed by atoms with Gasteiger partial charge in [0.25, 0.3) is 0 Å². The minimum absolute atomic E-state index is 0.308. The van der Waals surface area contributed by atoms with Crippen LogP contribution >= 0.6 is 0 Å². The minimum Gasteiger partial charge on any atom is -0.373 e. The van der Waals surface area contributed by atoms with Crippen molar-refractivity contribution in [1.29, 1.82) is 0 Å². The quantitative estimate of drug-likeness (QED) is 0.682. The second kappa shape index (κ2) is 5.95. The summed E-state index contributed by atoms with van der Waals surface area (Å²) in [5.74, 6) is 2.68. The summed E-state index contributed by atoms with van der Waals surface area (Å²) in [5.41, 5.74) is 6.67. The third kappa shape index (κ3) is 3.74. The van der Waals surface area contributed by atoms with E-state index in [-0.39, 0.29) is 0 Å². The van der Waals surface area contributed by atoms with Crippen molar-refractivity contribution in [3.05, 3.63) is 0 Å². The Morgan fingerprint density at radius 2 is 1.04 bits per heavy atom. The first-order valence-electron chi connectivity index (χ1n) is 9.48. The molecule has 5 fully saturated rings. The molecule has 0 aromatic rings. The van der Waals surface area contributed by atoms with Gasteiger partial charge in [-0.1, -0.05) is 0 Å². The van der Waals surface area contributed by atoms with E-state index in [2.05, 4.69) is 0 Å². The Morgan fingerprint density at radius 3 is 1.57 bits per heavy atom. The van der Waals surface area contributed by atoms with E-state index in [9.17, 15) is 0 Å². The van der Waals surface area contributed by atoms with Crippen LogP contribution in [0.5, 0.6) is 0 Å². The monoisotopic (exact) mass is 323 g/mol. The molecule has 0 bridgehead atoms. The van der Waals surface area contributed by atoms with Gasteiger partial charge in [0.1, 0.15) is 0 Å². The molecule has 4 saturated heterocycles. The first-order chi connectivity index (χ1) is 11.3. The average molecular weight is 323 g/mol. The lowest BCUT2D eigenvalue weighted by atomic mass is 9.60. The van der Waals surface area contributed by atoms with E-state index in [1.807, 2.05) is 0 Å². The fraction of sp³-hybridized carbons (Fsp3) is 1.00. The second-order valence-electron chi connectivity index (χ2n) is 8.42. The first-order valence-corrected chi connectivity index (χ1v) is 9.48. The summed E-state index contributed by atoms with van der Waals surface area (Å²) in [6.07, 6.45) is 7.83. The predicted octanol–water partition coefficient (Wildman–Crippen LogP) is 1.34. The van der Waals surface area contributed by atoms with Gasteiger partial charge in [-0.2, -0.15) is 0 Å². The molecule has 5 heteroatoms. The van der Waals surface area contributed by atoms with Gasteiger partial charge >= 0.3 is 0 Å². The molecule has 0 aromatic heterocycles. The Hall–Kier alpha value is -0.200. The minimum atomic E-state index is 0.308. The van der Waals surface area contributed by atoms with Gasteiger partial charge in [-0.05, 0) is 55.8 Å². The van der Waals surface area contributed by atoms with Crippen molar-refractivity contribution in [2.45, 2.75) is 62.6 Å². The zero-order valence-electron chi connectivity index (χ0n) is 13.8. The Bertz CT molecular complexity index is 431. The largest absolute Gasteiger partial charge is 0.373 e. The zero-order valence-corrected chi connectivity index (χ0v) is 13.8. The number of nitrogens with two attached hydrogens (primary N) is 1. The van der Waals surface area contributed by atoms with E-state index in [4.69, 9.17) is 24.7 Å². The van der Waals surface area contributed by atoms with Crippen LogP contribution in [-0.2, 0) is 18.9 Å². The van der Waals surface area contributed by atoms with Crippen LogP contribution in [0.2, 0.25) is 0 Å². The van der Waals surface area contributed by atoms with Gasteiger partial charge in [-0.15, -0.1) is 0 Å². The van der Waals surface area contributed by atoms with Crippen LogP contribution in [0.15, 0.2) is 0 Å². The maximum Gasteiger partial charge on any atom is 0.0813 e. The number of hydrogen-bond donors (Lipinski definition) is 1. The van der Waals surface area contributed by atoms with Crippen molar-refractivity contribution in [2.24, 2.45) is 29.4 Å². The van der Waals surface area contributed by atoms with Crippen LogP contribution in [0.4, 0.5) is 0 Å². The number of rotatable bonds is 8. The molecule has 5 rings (SSSR count). The topological polar surface area (TPSA) is 76.1 Å². The molecule has 5 nitrogen and oxygen atoms in total. The molecule has 130 valence electrons. The molecule has 9 unspecified atom stereocenters. The number of ether oxygens (including phenoxy) is 4. The fourth-order valence-corrected chi connectivity index (χ4v) is 5.09. The standard InChI is InChI=1S/C18H29NO4/c19-18-2-10(1-11-6-20-11)15(3-12-7-21-12)16(4-13-8-22-13)17(18)5-14-9-23-14/h10-18H,1-9,19H2. The van der Waals surface area contributed by atoms with E-state index in [0.717, 1.165) is 45.2 Å². The van der Waals surface area contributed by atoms with Crippen molar-refractivity contribution in [3.63, 3.8) is 0 Å². The Balaban J connectivity index is 1.35. The zero-order chi connectivity index (χ0) is 15.4. The van der Waals surface area contributed by atoms with Gasteiger partial charge < -0.3 is 24.7 Å². The smallest absolute Gasteiger partial charge is 0.0813 e. The highest BCUT2D eigenvalue weighted by Gasteiger charge is 2.49. The molecule has 0 radical (unpaired) electrons. The van der Waals surface area contributed by atoms with Gasteiger partial charge in [-0.3, -0.25) is 0 Å². The molecule has 9 atom stereocenters. The van der Waals surface area contributed by atoms with Gasteiger partial charge in [-0.25, -0.2) is 0 Å². The van der Waals surface area contributed by atoms with Crippen molar-refractivity contribution in [2.75, 3.05) is 26.4 Å². The van der Waals surface area contributed by atoms with Crippen LogP contribution < -0.4 is 5.73 Å². The van der Waals surface area contributed by atoms with Crippen LogP contribution in [0, 0.1) is 23.7 Å². The summed E-state index contributed by atoms with van der Waals surface area (Å²) in [6, 6.07) is 0.308. The Kier molecular flexibility index (Phi) is 3.91. The van der Waals surface area contributed by atoms with Crippen LogP contribution in [0.1, 0.15) is 32.1 Å². The van der Waals surface area contributed by atoms with Crippen LogP contribution in [0.3, 0.4) is 0 Å². The normalized spacial score (nSPS) is 53.9. The lowest BCUT2D eigenvalue weighted by Crippen LogP contribution is -2.48. The Morgan fingerprint density at radius 1 is 0.609 bits per heavy atom. The molecule has 5 aliphatic rings. The van der Waals surface area contributed by atoms with Gasteiger partial charge in [0.2, 0.25) is 0 Å². The molecule has 0 spiro atoms. The number of hydrogen-bond acceptors (Lipinski definition) is 5. The summed E-state index contributed by atoms with van der Waals surface area (Å²) in [5, 5.41) is 0. The summed E-state index contributed by atoms with van der Waals surface area (Å²) < 4.78 is 22.2. The van der Waals surface area contributed by atoms with E-state index in [1.165, 1.54) is 19.3 Å². The van der Waals surface area contributed by atoms with E-state index in [0.29, 0.717) is 48.2 Å². The summed E-state index contributed by atoms with van der Waals surface area (Å²) in [4.78, 5) is 0. The average Bonchev–Trinajstić information content (AvgIpc) is 3.32. The summed E-state index contributed by atoms with van der Waals surface area (Å²) >= 11 is 0. The lowest BCUT2D eigenvalue weighted by molar-refractivity contribution is 0.0317. The molecule has 1 aliphatic carbocycles. The molecule has 0 aromatic carbocycles. The number of epoxide rings is 4. The molecule has 4 heterocycles. The van der Waals surface area contributed by atoms with E-state index >= 15 is 0 Å². The van der Waals surface area contributed by atoms with Crippen LogP contribution in [-0.4, -0.2) is 56.9 Å². The third-order valence-corrected chi connectivity index (χ3v) is 6.61. The SMILES string of the molecule is NC1CC(CC2CO2)C(CC2CO2)C(CC2CO2)C1CC1CO1. The van der Waals surface area contributed by atoms with Crippen molar-refractivity contribution in [1.82, 2.24) is 0 Å². The molecule has 0 amide bonds. The highest BCUT2D eigenvalue weighted by molar-refractivity contribution is 5.00. The lowest BCUT2D eigenvalue weighted by Gasteiger charge is -2.47. The molecule has 23 heavy (non-hydrogen) atoms. The molecular formula is C18H29NO4. The van der Waals surface area contributed by atoms with Crippen LogP contribution in [0.25, 0.3) is 0 Å². The van der Waals surface area contributed by atoms with E-state index in [1.54, 1.807) is 0 Å². The second-order valence-corrected chi connectivity index (χ2v) is 8.42. The van der Waals surface area contributed by atoms with E-state index < -0.39 is 0 Å². The van der Waals surface area contributed by atoms with Gasteiger partial charge in [0.15, 0.2) is 0 Å². The van der Waals surface area contributed by atoms with Gasteiger partial charge in [0.05, 0.1) is 50.8 Å². The summed E-state index contributed by atoms with van der Waals surface area (Å²) in [6.45, 7) is 3.79. The molecule has 1 saturated carbocycles. The maximum atomic E-state index is 6.67. The van der Waals surface area contributed by atoms with Crippen molar-refractivity contribution >= 4 is 0 Å². The Labute approximate surface area is 138 Å². The van der Waals surface area contributed by atoms with Gasteiger partial charge in [0, 0.05) is 6.04 Å². The highest BCUT2D eigenvalue weighted by atomic mass is 16.6. The highest BCUT2D eigenvalue weighted by Crippen LogP contribution is 2.50. The first kappa shape index (κ1) is 15.1. The third-order valence-electron chi connectivity index (χ3n) is 6.61. The predicted molar refractivity (Wildman–Crippen MR) is 84.0 cm³/mol.